The molecule has 0 saturated carbocycles. The van der Waals surface area contributed by atoms with Crippen molar-refractivity contribution in [2.75, 3.05) is 5.32 Å². The third kappa shape index (κ3) is 4.76. The van der Waals surface area contributed by atoms with Crippen molar-refractivity contribution in [1.82, 2.24) is 4.57 Å². The van der Waals surface area contributed by atoms with Crippen LogP contribution in [0.5, 0.6) is 11.6 Å². The molecule has 0 amide bonds. The summed E-state index contributed by atoms with van der Waals surface area (Å²) in [5.41, 5.74) is 2.92. The molecule has 4 rings (SSSR count). The second-order valence-corrected chi connectivity index (χ2v) is 7.49. The van der Waals surface area contributed by atoms with Crippen molar-refractivity contribution in [3.8, 4) is 28.6 Å². The van der Waals surface area contributed by atoms with Gasteiger partial charge in [0.15, 0.2) is 0 Å². The van der Waals surface area contributed by atoms with Crippen LogP contribution in [0, 0.1) is 0 Å². The third-order valence-electron chi connectivity index (χ3n) is 4.54. The van der Waals surface area contributed by atoms with E-state index in [2.05, 4.69) is 10.1 Å². The van der Waals surface area contributed by atoms with Crippen molar-refractivity contribution in [1.29, 1.82) is 0 Å². The molecule has 0 unspecified atom stereocenters. The highest BCUT2D eigenvalue weighted by Gasteiger charge is 2.18. The van der Waals surface area contributed by atoms with E-state index in [1.807, 2.05) is 0 Å². The lowest BCUT2D eigenvalue weighted by Gasteiger charge is -2.12. The predicted octanol–water partition coefficient (Wildman–Crippen LogP) is 7.50. The van der Waals surface area contributed by atoms with Gasteiger partial charge >= 0.3 is 6.61 Å². The summed E-state index contributed by atoms with van der Waals surface area (Å²) >= 11 is 11.9. The highest BCUT2D eigenvalue weighted by atomic mass is 35.5. The molecule has 158 valence electrons. The molecule has 4 aromatic rings. The number of hydrogen-bond donors (Lipinski definition) is 2. The van der Waals surface area contributed by atoms with Gasteiger partial charge in [0.2, 0.25) is 5.88 Å². The zero-order valence-electron chi connectivity index (χ0n) is 15.9. The first-order valence-corrected chi connectivity index (χ1v) is 9.95. The molecule has 0 fully saturated rings. The zero-order valence-corrected chi connectivity index (χ0v) is 17.4. The van der Waals surface area contributed by atoms with Crippen molar-refractivity contribution in [2.24, 2.45) is 0 Å². The van der Waals surface area contributed by atoms with Gasteiger partial charge < -0.3 is 15.2 Å². The Morgan fingerprint density at radius 1 is 0.871 bits per heavy atom. The first-order chi connectivity index (χ1) is 14.9. The summed E-state index contributed by atoms with van der Waals surface area (Å²) in [5, 5.41) is 15.3. The van der Waals surface area contributed by atoms with Crippen LogP contribution in [-0.4, -0.2) is 16.3 Å². The average molecular weight is 461 g/mol. The van der Waals surface area contributed by atoms with Crippen LogP contribution >= 0.6 is 23.2 Å². The summed E-state index contributed by atoms with van der Waals surface area (Å²) in [6, 6.07) is 21.9. The molecule has 4 nitrogen and oxygen atoms in total. The molecule has 31 heavy (non-hydrogen) atoms. The molecule has 0 bridgehead atoms. The zero-order chi connectivity index (χ0) is 22.0. The Morgan fingerprint density at radius 2 is 1.52 bits per heavy atom. The molecular weight excluding hydrogens is 445 g/mol. The Bertz CT molecular complexity index is 1190. The number of benzene rings is 3. The largest absolute Gasteiger partial charge is 0.493 e. The summed E-state index contributed by atoms with van der Waals surface area (Å²) in [4.78, 5) is 0. The molecule has 0 aliphatic rings. The summed E-state index contributed by atoms with van der Waals surface area (Å²) in [6.45, 7) is -2.94. The van der Waals surface area contributed by atoms with Gasteiger partial charge in [-0.1, -0.05) is 35.3 Å². The second kappa shape index (κ2) is 8.88. The Balaban J connectivity index is 1.82. The van der Waals surface area contributed by atoms with E-state index in [1.54, 1.807) is 71.3 Å². The van der Waals surface area contributed by atoms with Gasteiger partial charge in [-0.2, -0.15) is 8.78 Å². The fraction of sp³-hybridized carbons (Fsp3) is 0.0435. The van der Waals surface area contributed by atoms with Gasteiger partial charge in [0.25, 0.3) is 0 Å². The molecule has 3 aromatic carbocycles. The first-order valence-electron chi connectivity index (χ1n) is 9.19. The number of nitrogens with one attached hydrogen (secondary N) is 1. The molecule has 1 aromatic heterocycles. The lowest BCUT2D eigenvalue weighted by Crippen LogP contribution is -2.02. The van der Waals surface area contributed by atoms with Gasteiger partial charge in [-0.15, -0.1) is 0 Å². The fourth-order valence-electron chi connectivity index (χ4n) is 3.18. The maximum Gasteiger partial charge on any atom is 0.387 e. The van der Waals surface area contributed by atoms with Crippen molar-refractivity contribution in [3.63, 3.8) is 0 Å². The Morgan fingerprint density at radius 3 is 2.16 bits per heavy atom. The number of nitrogens with zero attached hydrogens (tertiary/aromatic N) is 1. The van der Waals surface area contributed by atoms with E-state index in [9.17, 15) is 13.9 Å². The number of anilines is 2. The van der Waals surface area contributed by atoms with E-state index < -0.39 is 6.61 Å². The molecule has 0 atom stereocenters. The minimum atomic E-state index is -2.94. The molecule has 8 heteroatoms. The Labute approximate surface area is 187 Å². The van der Waals surface area contributed by atoms with Crippen LogP contribution in [-0.2, 0) is 0 Å². The van der Waals surface area contributed by atoms with Crippen molar-refractivity contribution in [3.05, 3.63) is 88.9 Å². The van der Waals surface area contributed by atoms with E-state index in [4.69, 9.17) is 23.2 Å². The molecule has 0 aliphatic carbocycles. The summed E-state index contributed by atoms with van der Waals surface area (Å²) < 4.78 is 31.5. The Hall–Kier alpha value is -3.22. The van der Waals surface area contributed by atoms with Crippen LogP contribution in [0.25, 0.3) is 16.9 Å². The normalized spacial score (nSPS) is 11.0. The van der Waals surface area contributed by atoms with E-state index >= 15 is 0 Å². The third-order valence-corrected chi connectivity index (χ3v) is 5.04. The smallest absolute Gasteiger partial charge is 0.387 e. The van der Waals surface area contributed by atoms with Crippen LogP contribution < -0.4 is 10.1 Å². The molecular formula is C23H16Cl2F2N2O2. The molecule has 0 radical (unpaired) electrons. The number of ether oxygens (including phenoxy) is 1. The minimum absolute atomic E-state index is 0.0167. The number of aromatic nitrogens is 1. The molecule has 1 heterocycles. The van der Waals surface area contributed by atoms with Gasteiger partial charge in [-0.3, -0.25) is 4.57 Å². The van der Waals surface area contributed by atoms with Gasteiger partial charge in [-0.05, 0) is 66.7 Å². The second-order valence-electron chi connectivity index (χ2n) is 6.62. The first kappa shape index (κ1) is 21.0. The maximum absolute atomic E-state index is 12.7. The van der Waals surface area contributed by atoms with E-state index in [1.165, 1.54) is 12.1 Å². The number of rotatable bonds is 6. The fourth-order valence-corrected chi connectivity index (χ4v) is 3.43. The summed E-state index contributed by atoms with van der Waals surface area (Å²) in [5.74, 6) is -0.0458. The van der Waals surface area contributed by atoms with Crippen molar-refractivity contribution in [2.45, 2.75) is 6.61 Å². The lowest BCUT2D eigenvalue weighted by molar-refractivity contribution is -0.0498. The quantitative estimate of drug-likeness (QED) is 0.313. The number of hydrogen-bond acceptors (Lipinski definition) is 3. The van der Waals surface area contributed by atoms with Crippen LogP contribution in [0.3, 0.4) is 0 Å². The van der Waals surface area contributed by atoms with Gasteiger partial charge in [0, 0.05) is 27.0 Å². The van der Waals surface area contributed by atoms with Crippen molar-refractivity contribution < 1.29 is 18.6 Å². The van der Waals surface area contributed by atoms with Gasteiger partial charge in [-0.25, -0.2) is 0 Å². The topological polar surface area (TPSA) is 46.4 Å². The van der Waals surface area contributed by atoms with E-state index in [0.717, 1.165) is 0 Å². The number of halogens is 4. The molecule has 0 saturated heterocycles. The highest BCUT2D eigenvalue weighted by molar-refractivity contribution is 6.30. The standard InChI is InChI=1S/C23H16Cl2F2N2O2/c24-15-4-8-17(9-5-15)28-20-13-21(14-2-1-3-19(12-14)31-23(26)27)29(22(20)30)18-10-6-16(25)7-11-18/h1-13,23,28,30H. The van der Waals surface area contributed by atoms with Gasteiger partial charge in [0.1, 0.15) is 11.4 Å². The average Bonchev–Trinajstić information content (AvgIpc) is 3.06. The molecule has 2 N–H and O–H groups in total. The predicted molar refractivity (Wildman–Crippen MR) is 119 cm³/mol. The van der Waals surface area contributed by atoms with Gasteiger partial charge in [0.05, 0.1) is 5.69 Å². The molecule has 0 aliphatic heterocycles. The summed E-state index contributed by atoms with van der Waals surface area (Å²) in [6.07, 6.45) is 0. The summed E-state index contributed by atoms with van der Waals surface area (Å²) in [7, 11) is 0. The van der Waals surface area contributed by atoms with Crippen molar-refractivity contribution >= 4 is 34.6 Å². The van der Waals surface area contributed by atoms with Crippen LogP contribution in [0.2, 0.25) is 10.0 Å². The van der Waals surface area contributed by atoms with E-state index in [-0.39, 0.29) is 11.6 Å². The number of alkyl halides is 2. The highest BCUT2D eigenvalue weighted by Crippen LogP contribution is 2.39. The number of aromatic hydroxyl groups is 1. The maximum atomic E-state index is 12.7. The SMILES string of the molecule is Oc1c(Nc2ccc(Cl)cc2)cc(-c2cccc(OC(F)F)c2)n1-c1ccc(Cl)cc1. The Kier molecular flexibility index (Phi) is 6.02. The van der Waals surface area contributed by atoms with E-state index in [0.29, 0.717) is 38.4 Å². The van der Waals surface area contributed by atoms with Crippen LogP contribution in [0.1, 0.15) is 0 Å². The van der Waals surface area contributed by atoms with Crippen LogP contribution in [0.15, 0.2) is 78.9 Å². The lowest BCUT2D eigenvalue weighted by atomic mass is 10.1. The minimum Gasteiger partial charge on any atom is -0.493 e. The van der Waals surface area contributed by atoms with Crippen LogP contribution in [0.4, 0.5) is 20.2 Å². The monoisotopic (exact) mass is 460 g/mol. The molecule has 0 spiro atoms.